The molecule has 1 saturated heterocycles. The van der Waals surface area contributed by atoms with E-state index in [1.165, 1.54) is 16.3 Å². The molecule has 146 valence electrons. The lowest BCUT2D eigenvalue weighted by Crippen LogP contribution is -2.52. The largest absolute Gasteiger partial charge is 0.364 e. The second-order valence-corrected chi connectivity index (χ2v) is 7.16. The van der Waals surface area contributed by atoms with E-state index in [-0.39, 0.29) is 0 Å². The molecule has 2 aromatic carbocycles. The molecule has 1 aliphatic rings. The minimum Gasteiger partial charge on any atom is -0.364 e. The summed E-state index contributed by atoms with van der Waals surface area (Å²) >= 11 is 0. The van der Waals surface area contributed by atoms with Crippen LogP contribution in [0, 0.1) is 0 Å². The smallest absolute Gasteiger partial charge is 0.193 e. The van der Waals surface area contributed by atoms with Crippen LogP contribution in [0.5, 0.6) is 0 Å². The highest BCUT2D eigenvalue weighted by Gasteiger charge is 2.20. The summed E-state index contributed by atoms with van der Waals surface area (Å²) in [6, 6.07) is 17.1. The van der Waals surface area contributed by atoms with Crippen LogP contribution in [0.4, 0.5) is 0 Å². The topological polar surface area (TPSA) is 56.9 Å². The lowest BCUT2D eigenvalue weighted by atomic mass is 10.1. The van der Waals surface area contributed by atoms with Gasteiger partial charge in [0.15, 0.2) is 5.96 Å². The van der Waals surface area contributed by atoms with Gasteiger partial charge >= 0.3 is 0 Å². The Hall–Kier alpha value is -2.86. The van der Waals surface area contributed by atoms with E-state index in [1.807, 2.05) is 13.1 Å². The van der Waals surface area contributed by atoms with E-state index in [9.17, 15) is 0 Å². The van der Waals surface area contributed by atoms with Crippen molar-refractivity contribution in [1.29, 1.82) is 0 Å². The van der Waals surface area contributed by atoms with Crippen molar-refractivity contribution in [2.45, 2.75) is 13.0 Å². The third-order valence-electron chi connectivity index (χ3n) is 5.27. The van der Waals surface area contributed by atoms with E-state index in [2.05, 4.69) is 67.7 Å². The zero-order chi connectivity index (χ0) is 19.2. The molecule has 0 spiro atoms. The van der Waals surface area contributed by atoms with Crippen molar-refractivity contribution < 1.29 is 4.52 Å². The number of aliphatic imine (C=N–C) groups is 1. The maximum absolute atomic E-state index is 4.92. The number of hydrogen-bond donors (Lipinski definition) is 1. The van der Waals surface area contributed by atoms with E-state index >= 15 is 0 Å². The van der Waals surface area contributed by atoms with E-state index in [0.29, 0.717) is 0 Å². The van der Waals surface area contributed by atoms with Gasteiger partial charge < -0.3 is 14.7 Å². The molecule has 2 heterocycles. The first kappa shape index (κ1) is 18.5. The lowest BCUT2D eigenvalue weighted by Gasteiger charge is -2.36. The normalized spacial score (nSPS) is 15.9. The molecular weight excluding hydrogens is 350 g/mol. The van der Waals surface area contributed by atoms with Gasteiger partial charge in [0, 0.05) is 52.4 Å². The van der Waals surface area contributed by atoms with Crippen molar-refractivity contribution in [3.8, 4) is 0 Å². The van der Waals surface area contributed by atoms with Crippen LogP contribution in [0.25, 0.3) is 10.8 Å². The molecule has 6 nitrogen and oxygen atoms in total. The number of nitrogens with zero attached hydrogens (tertiary/aromatic N) is 4. The number of guanidine groups is 1. The molecule has 0 saturated carbocycles. The summed E-state index contributed by atoms with van der Waals surface area (Å²) in [5.41, 5.74) is 2.34. The number of fused-ring (bicyclic) bond motifs is 1. The van der Waals surface area contributed by atoms with Gasteiger partial charge in [0.1, 0.15) is 6.26 Å². The highest BCUT2D eigenvalue weighted by molar-refractivity contribution is 5.83. The van der Waals surface area contributed by atoms with Gasteiger partial charge in [0.25, 0.3) is 0 Å². The van der Waals surface area contributed by atoms with Gasteiger partial charge in [-0.3, -0.25) is 9.89 Å². The second kappa shape index (κ2) is 8.89. The van der Waals surface area contributed by atoms with Crippen LogP contribution in [0.15, 0.2) is 64.3 Å². The third kappa shape index (κ3) is 4.51. The zero-order valence-corrected chi connectivity index (χ0v) is 16.3. The molecular formula is C22H27N5O. The van der Waals surface area contributed by atoms with Crippen LogP contribution < -0.4 is 5.32 Å². The van der Waals surface area contributed by atoms with Crippen LogP contribution in [0.1, 0.15) is 11.3 Å². The average Bonchev–Trinajstić information content (AvgIpc) is 3.25. The van der Waals surface area contributed by atoms with Crippen molar-refractivity contribution in [2.24, 2.45) is 4.99 Å². The summed E-state index contributed by atoms with van der Waals surface area (Å²) in [6.07, 6.45) is 2.61. The summed E-state index contributed by atoms with van der Waals surface area (Å²) < 4.78 is 4.92. The number of benzene rings is 2. The van der Waals surface area contributed by atoms with Crippen LogP contribution in [-0.4, -0.2) is 60.7 Å². The first-order valence-corrected chi connectivity index (χ1v) is 9.87. The van der Waals surface area contributed by atoms with Crippen molar-refractivity contribution in [3.63, 3.8) is 0 Å². The van der Waals surface area contributed by atoms with Crippen molar-refractivity contribution >= 4 is 16.7 Å². The summed E-state index contributed by atoms with van der Waals surface area (Å²) in [5.74, 6) is 0.988. The lowest BCUT2D eigenvalue weighted by molar-refractivity contribution is 0.169. The molecule has 4 rings (SSSR count). The predicted molar refractivity (Wildman–Crippen MR) is 112 cm³/mol. The zero-order valence-electron chi connectivity index (χ0n) is 16.3. The monoisotopic (exact) mass is 377 g/mol. The van der Waals surface area contributed by atoms with E-state index < -0.39 is 0 Å². The van der Waals surface area contributed by atoms with Crippen molar-refractivity contribution in [1.82, 2.24) is 20.3 Å². The number of rotatable bonds is 5. The number of aromatic nitrogens is 1. The first-order chi connectivity index (χ1) is 13.8. The molecule has 0 radical (unpaired) electrons. The quantitative estimate of drug-likeness (QED) is 0.547. The predicted octanol–water partition coefficient (Wildman–Crippen LogP) is 2.76. The molecule has 28 heavy (non-hydrogen) atoms. The average molecular weight is 377 g/mol. The molecule has 0 bridgehead atoms. The fraction of sp³-hybridized carbons (Fsp3) is 0.364. The second-order valence-electron chi connectivity index (χ2n) is 7.16. The van der Waals surface area contributed by atoms with Crippen LogP contribution >= 0.6 is 0 Å². The summed E-state index contributed by atoms with van der Waals surface area (Å²) in [5, 5.41) is 10.1. The molecule has 0 amide bonds. The maximum atomic E-state index is 4.92. The van der Waals surface area contributed by atoms with E-state index in [4.69, 9.17) is 4.52 Å². The molecule has 1 fully saturated rings. The van der Waals surface area contributed by atoms with Gasteiger partial charge in [-0.1, -0.05) is 47.6 Å². The Labute approximate surface area is 165 Å². The Bertz CT molecular complexity index is 914. The summed E-state index contributed by atoms with van der Waals surface area (Å²) in [4.78, 5) is 9.21. The number of hydrogen-bond acceptors (Lipinski definition) is 4. The molecule has 3 aromatic rings. The van der Waals surface area contributed by atoms with Crippen LogP contribution in [0.2, 0.25) is 0 Å². The standard InChI is InChI=1S/C22H27N5O/c1-23-22(27-13-11-26(12-14-27)17-21-9-15-28-25-21)24-10-8-18-6-7-19-4-2-3-5-20(19)16-18/h2-7,9,15-16H,8,10-14,17H2,1H3,(H,23,24). The molecule has 0 aliphatic carbocycles. The SMILES string of the molecule is CN=C(NCCc1ccc2ccccc2c1)N1CCN(Cc2ccon2)CC1. The summed E-state index contributed by atoms with van der Waals surface area (Å²) in [7, 11) is 1.86. The first-order valence-electron chi connectivity index (χ1n) is 9.87. The summed E-state index contributed by atoms with van der Waals surface area (Å²) in [6.45, 7) is 5.65. The molecule has 0 atom stereocenters. The van der Waals surface area contributed by atoms with Crippen molar-refractivity contribution in [2.75, 3.05) is 39.8 Å². The molecule has 1 aliphatic heterocycles. The Balaban J connectivity index is 1.25. The third-order valence-corrected chi connectivity index (χ3v) is 5.27. The Kier molecular flexibility index (Phi) is 5.87. The minimum atomic E-state index is 0.846. The molecule has 0 unspecified atom stereocenters. The van der Waals surface area contributed by atoms with Gasteiger partial charge in [-0.25, -0.2) is 0 Å². The van der Waals surface area contributed by atoms with Crippen LogP contribution in [0.3, 0.4) is 0 Å². The molecule has 1 N–H and O–H groups in total. The Morgan fingerprint density at radius 1 is 1.07 bits per heavy atom. The Morgan fingerprint density at radius 2 is 1.89 bits per heavy atom. The highest BCUT2D eigenvalue weighted by atomic mass is 16.5. The van der Waals surface area contributed by atoms with Gasteiger partial charge in [0.05, 0.1) is 5.69 Å². The van der Waals surface area contributed by atoms with Gasteiger partial charge in [-0.2, -0.15) is 0 Å². The number of nitrogens with one attached hydrogen (secondary N) is 1. The van der Waals surface area contributed by atoms with Gasteiger partial charge in [-0.05, 0) is 22.8 Å². The number of piperazine rings is 1. The van der Waals surface area contributed by atoms with Crippen LogP contribution in [-0.2, 0) is 13.0 Å². The van der Waals surface area contributed by atoms with Gasteiger partial charge in [0.2, 0.25) is 0 Å². The fourth-order valence-corrected chi connectivity index (χ4v) is 3.71. The van der Waals surface area contributed by atoms with Crippen molar-refractivity contribution in [3.05, 3.63) is 66.1 Å². The molecule has 1 aromatic heterocycles. The van der Waals surface area contributed by atoms with E-state index in [1.54, 1.807) is 6.26 Å². The highest BCUT2D eigenvalue weighted by Crippen LogP contribution is 2.15. The van der Waals surface area contributed by atoms with E-state index in [0.717, 1.165) is 57.3 Å². The Morgan fingerprint density at radius 3 is 2.64 bits per heavy atom. The fourth-order valence-electron chi connectivity index (χ4n) is 3.71. The maximum Gasteiger partial charge on any atom is 0.193 e. The minimum absolute atomic E-state index is 0.846. The van der Waals surface area contributed by atoms with Gasteiger partial charge in [-0.15, -0.1) is 0 Å². The molecule has 6 heteroatoms.